The van der Waals surface area contributed by atoms with Gasteiger partial charge in [0.15, 0.2) is 0 Å². The molecule has 2 fully saturated rings. The number of nitrogens with one attached hydrogen (secondary N) is 1. The zero-order valence-electron chi connectivity index (χ0n) is 11.7. The average Bonchev–Trinajstić information content (AvgIpc) is 2.58. The number of hydrogen-bond acceptors (Lipinski definition) is 3. The molecule has 1 aliphatic carbocycles. The van der Waals surface area contributed by atoms with Crippen LogP contribution in [0, 0.1) is 11.8 Å². The van der Waals surface area contributed by atoms with Crippen LogP contribution < -0.4 is 11.1 Å². The lowest BCUT2D eigenvalue weighted by Gasteiger charge is -2.49. The molecular formula is C14H27N3O. The molecule has 0 spiro atoms. The molecule has 2 aliphatic rings. The van der Waals surface area contributed by atoms with E-state index in [1.807, 2.05) is 0 Å². The Morgan fingerprint density at radius 3 is 2.78 bits per heavy atom. The van der Waals surface area contributed by atoms with E-state index in [-0.39, 0.29) is 5.91 Å². The fourth-order valence-electron chi connectivity index (χ4n) is 3.87. The van der Waals surface area contributed by atoms with Crippen LogP contribution in [0.4, 0.5) is 0 Å². The van der Waals surface area contributed by atoms with Gasteiger partial charge in [-0.3, -0.25) is 9.69 Å². The van der Waals surface area contributed by atoms with E-state index < -0.39 is 5.54 Å². The summed E-state index contributed by atoms with van der Waals surface area (Å²) in [4.78, 5) is 14.5. The lowest BCUT2D eigenvalue weighted by Crippen LogP contribution is -2.63. The number of carbonyl (C=O) groups excluding carboxylic acids is 1. The van der Waals surface area contributed by atoms with Crippen molar-refractivity contribution in [2.24, 2.45) is 17.6 Å². The topological polar surface area (TPSA) is 58.4 Å². The van der Waals surface area contributed by atoms with Crippen LogP contribution in [0.2, 0.25) is 0 Å². The van der Waals surface area contributed by atoms with Crippen LogP contribution in [0.3, 0.4) is 0 Å². The minimum Gasteiger partial charge on any atom is -0.368 e. The highest BCUT2D eigenvalue weighted by Crippen LogP contribution is 2.41. The molecule has 2 rings (SSSR count). The minimum absolute atomic E-state index is 0.108. The van der Waals surface area contributed by atoms with Crippen LogP contribution in [0.1, 0.15) is 39.5 Å². The normalized spacial score (nSPS) is 39.2. The Balaban J connectivity index is 2.22. The SMILES string of the molecule is CC1CCC(C(N)=O)(N2CCCNCC2)C(C)C1. The maximum atomic E-state index is 12.2. The largest absolute Gasteiger partial charge is 0.368 e. The van der Waals surface area contributed by atoms with Gasteiger partial charge in [0.05, 0.1) is 0 Å². The van der Waals surface area contributed by atoms with Gasteiger partial charge in [-0.15, -0.1) is 0 Å². The third-order valence-corrected chi connectivity index (χ3v) is 4.92. The van der Waals surface area contributed by atoms with E-state index in [1.165, 1.54) is 0 Å². The average molecular weight is 253 g/mol. The molecular weight excluding hydrogens is 226 g/mol. The summed E-state index contributed by atoms with van der Waals surface area (Å²) in [6.45, 7) is 8.45. The van der Waals surface area contributed by atoms with E-state index in [1.54, 1.807) is 0 Å². The third kappa shape index (κ3) is 2.41. The van der Waals surface area contributed by atoms with Crippen LogP contribution in [-0.2, 0) is 4.79 Å². The van der Waals surface area contributed by atoms with Gasteiger partial charge >= 0.3 is 0 Å². The number of primary amides is 1. The van der Waals surface area contributed by atoms with Gasteiger partial charge in [0.25, 0.3) is 0 Å². The Labute approximate surface area is 110 Å². The van der Waals surface area contributed by atoms with Gasteiger partial charge in [-0.2, -0.15) is 0 Å². The molecule has 1 amide bonds. The molecule has 3 N–H and O–H groups in total. The zero-order chi connectivity index (χ0) is 13.2. The molecule has 4 heteroatoms. The second-order valence-electron chi connectivity index (χ2n) is 6.16. The maximum Gasteiger partial charge on any atom is 0.238 e. The fourth-order valence-corrected chi connectivity index (χ4v) is 3.87. The number of nitrogens with two attached hydrogens (primary N) is 1. The van der Waals surface area contributed by atoms with Crippen molar-refractivity contribution in [3.8, 4) is 0 Å². The summed E-state index contributed by atoms with van der Waals surface area (Å²) < 4.78 is 0. The third-order valence-electron chi connectivity index (χ3n) is 4.92. The summed E-state index contributed by atoms with van der Waals surface area (Å²) in [5, 5.41) is 3.40. The van der Waals surface area contributed by atoms with Crippen molar-refractivity contribution >= 4 is 5.91 Å². The lowest BCUT2D eigenvalue weighted by atomic mass is 9.68. The predicted octanol–water partition coefficient (Wildman–Crippen LogP) is 0.962. The van der Waals surface area contributed by atoms with Gasteiger partial charge in [-0.05, 0) is 44.1 Å². The molecule has 0 radical (unpaired) electrons. The molecule has 0 bridgehead atoms. The summed E-state index contributed by atoms with van der Waals surface area (Å²) in [6, 6.07) is 0. The first-order valence-corrected chi connectivity index (χ1v) is 7.33. The number of nitrogens with zero attached hydrogens (tertiary/aromatic N) is 1. The van der Waals surface area contributed by atoms with Crippen molar-refractivity contribution in [1.82, 2.24) is 10.2 Å². The summed E-state index contributed by atoms with van der Waals surface area (Å²) in [5.41, 5.74) is 5.43. The quantitative estimate of drug-likeness (QED) is 0.771. The molecule has 1 heterocycles. The van der Waals surface area contributed by atoms with Crippen molar-refractivity contribution in [3.63, 3.8) is 0 Å². The molecule has 1 saturated carbocycles. The second-order valence-corrected chi connectivity index (χ2v) is 6.16. The van der Waals surface area contributed by atoms with E-state index in [0.717, 1.165) is 57.8 Å². The number of amides is 1. The van der Waals surface area contributed by atoms with Crippen LogP contribution in [0.15, 0.2) is 0 Å². The van der Waals surface area contributed by atoms with Crippen molar-refractivity contribution in [2.75, 3.05) is 26.2 Å². The number of hydrogen-bond donors (Lipinski definition) is 2. The first-order chi connectivity index (χ1) is 8.57. The second kappa shape index (κ2) is 5.57. The number of carbonyl (C=O) groups is 1. The summed E-state index contributed by atoms with van der Waals surface area (Å²) >= 11 is 0. The molecule has 3 atom stereocenters. The van der Waals surface area contributed by atoms with Crippen LogP contribution in [0.25, 0.3) is 0 Å². The van der Waals surface area contributed by atoms with Crippen LogP contribution >= 0.6 is 0 Å². The Morgan fingerprint density at radius 2 is 2.11 bits per heavy atom. The minimum atomic E-state index is -0.390. The molecule has 3 unspecified atom stereocenters. The van der Waals surface area contributed by atoms with E-state index in [4.69, 9.17) is 5.73 Å². The van der Waals surface area contributed by atoms with Crippen LogP contribution in [-0.4, -0.2) is 42.5 Å². The monoisotopic (exact) mass is 253 g/mol. The summed E-state index contributed by atoms with van der Waals surface area (Å²) in [7, 11) is 0. The molecule has 1 aliphatic heterocycles. The first kappa shape index (κ1) is 13.8. The van der Waals surface area contributed by atoms with E-state index in [2.05, 4.69) is 24.1 Å². The Bertz CT molecular complexity index is 299. The van der Waals surface area contributed by atoms with Gasteiger partial charge in [-0.25, -0.2) is 0 Å². The van der Waals surface area contributed by atoms with Crippen molar-refractivity contribution in [1.29, 1.82) is 0 Å². The smallest absolute Gasteiger partial charge is 0.238 e. The summed E-state index contributed by atoms with van der Waals surface area (Å²) in [6.07, 6.45) is 4.28. The maximum absolute atomic E-state index is 12.2. The van der Waals surface area contributed by atoms with Crippen LogP contribution in [0.5, 0.6) is 0 Å². The lowest BCUT2D eigenvalue weighted by molar-refractivity contribution is -0.137. The van der Waals surface area contributed by atoms with E-state index in [9.17, 15) is 4.79 Å². The van der Waals surface area contributed by atoms with E-state index >= 15 is 0 Å². The Hall–Kier alpha value is -0.610. The van der Waals surface area contributed by atoms with Crippen molar-refractivity contribution in [2.45, 2.75) is 45.1 Å². The van der Waals surface area contributed by atoms with E-state index in [0.29, 0.717) is 5.92 Å². The highest BCUT2D eigenvalue weighted by molar-refractivity contribution is 5.85. The molecule has 0 aromatic rings. The van der Waals surface area contributed by atoms with Gasteiger partial charge in [0, 0.05) is 19.6 Å². The molecule has 0 aromatic heterocycles. The number of rotatable bonds is 2. The molecule has 104 valence electrons. The predicted molar refractivity (Wildman–Crippen MR) is 73.2 cm³/mol. The Kier molecular flexibility index (Phi) is 4.28. The zero-order valence-corrected chi connectivity index (χ0v) is 11.7. The highest BCUT2D eigenvalue weighted by Gasteiger charge is 2.49. The Morgan fingerprint density at radius 1 is 1.33 bits per heavy atom. The van der Waals surface area contributed by atoms with Gasteiger partial charge in [0.1, 0.15) is 5.54 Å². The summed E-state index contributed by atoms with van der Waals surface area (Å²) in [5.74, 6) is 0.984. The van der Waals surface area contributed by atoms with Crippen molar-refractivity contribution < 1.29 is 4.79 Å². The molecule has 0 aromatic carbocycles. The highest BCUT2D eigenvalue weighted by atomic mass is 16.1. The molecule has 1 saturated heterocycles. The molecule has 18 heavy (non-hydrogen) atoms. The van der Waals surface area contributed by atoms with Gasteiger partial charge in [-0.1, -0.05) is 13.8 Å². The standard InChI is InChI=1S/C14H27N3O/c1-11-4-5-14(13(15)18,12(2)10-11)17-8-3-6-16-7-9-17/h11-12,16H,3-10H2,1-2H3,(H2,15,18). The molecule has 4 nitrogen and oxygen atoms in total. The van der Waals surface area contributed by atoms with Gasteiger partial charge in [0.2, 0.25) is 5.91 Å². The van der Waals surface area contributed by atoms with Gasteiger partial charge < -0.3 is 11.1 Å². The first-order valence-electron chi connectivity index (χ1n) is 7.33. The van der Waals surface area contributed by atoms with Crippen molar-refractivity contribution in [3.05, 3.63) is 0 Å². The fraction of sp³-hybridized carbons (Fsp3) is 0.929.